The van der Waals surface area contributed by atoms with Crippen molar-refractivity contribution in [2.24, 2.45) is 0 Å². The molecule has 0 unspecified atom stereocenters. The van der Waals surface area contributed by atoms with Gasteiger partial charge in [0.25, 0.3) is 0 Å². The average molecular weight is 566 g/mol. The van der Waals surface area contributed by atoms with E-state index in [9.17, 15) is 24.6 Å². The second-order valence-corrected chi connectivity index (χ2v) is 11.1. The van der Waals surface area contributed by atoms with Crippen LogP contribution in [0.4, 0.5) is 0 Å². The number of esters is 3. The highest BCUT2D eigenvalue weighted by molar-refractivity contribution is 5.84. The van der Waals surface area contributed by atoms with E-state index < -0.39 is 47.2 Å². The van der Waals surface area contributed by atoms with Gasteiger partial charge in [-0.1, -0.05) is 43.3 Å². The second kappa shape index (κ2) is 10.5. The van der Waals surface area contributed by atoms with Crippen LogP contribution < -0.4 is 4.74 Å². The summed E-state index contributed by atoms with van der Waals surface area (Å²) in [7, 11) is 1.96. The molecule has 0 aromatic heterocycles. The number of carbonyl (C=O) groups is 3. The fraction of sp³-hybridized carbons (Fsp3) is 0.452. The van der Waals surface area contributed by atoms with Crippen LogP contribution in [-0.4, -0.2) is 70.5 Å². The molecule has 0 saturated carbocycles. The Kier molecular flexibility index (Phi) is 7.33. The summed E-state index contributed by atoms with van der Waals surface area (Å²) < 4.78 is 22.6. The van der Waals surface area contributed by atoms with Crippen molar-refractivity contribution in [3.63, 3.8) is 0 Å². The van der Waals surface area contributed by atoms with Crippen LogP contribution in [0.1, 0.15) is 56.9 Å². The number of nitrogens with zero attached hydrogens (tertiary/aromatic N) is 1. The number of phenols is 1. The van der Waals surface area contributed by atoms with Crippen molar-refractivity contribution in [3.05, 3.63) is 71.0 Å². The molecule has 1 aliphatic heterocycles. The zero-order valence-electron chi connectivity index (χ0n) is 23.7. The number of benzene rings is 2. The maximum atomic E-state index is 13.7. The maximum absolute atomic E-state index is 13.7. The Morgan fingerprint density at radius 2 is 1.83 bits per heavy atom. The first-order valence-electron chi connectivity index (χ1n) is 13.7. The number of aromatic hydroxyl groups is 1. The molecule has 10 nitrogen and oxygen atoms in total. The molecule has 10 heteroatoms. The molecular formula is C31H35NO9. The summed E-state index contributed by atoms with van der Waals surface area (Å²) in [6.07, 6.45) is -1.28. The van der Waals surface area contributed by atoms with Crippen molar-refractivity contribution < 1.29 is 43.5 Å². The summed E-state index contributed by atoms with van der Waals surface area (Å²) in [5.74, 6) is -2.12. The molecule has 6 atom stereocenters. The minimum atomic E-state index is -1.46. The molecule has 0 fully saturated rings. The molecule has 0 bridgehead atoms. The molecular weight excluding hydrogens is 530 g/mol. The predicted molar refractivity (Wildman–Crippen MR) is 146 cm³/mol. The standard InChI is InChI=1S/C31H35NO9/c1-6-32(5)23-16-20-12-13-21(34)26-24(20)30(4)27(40-26)22(14-15-31(23,30)37)39-29(36)25(19-10-8-7-9-11-19)41-28(35)17(2)38-18(3)33/h7-14,17,23,25,27,34,37H,6,15-16H2,1-5H3/t17-,23+,25-,27-,30-,31+/m0/s1. The number of hydrogen-bond donors (Lipinski definition) is 2. The molecule has 0 radical (unpaired) electrons. The van der Waals surface area contributed by atoms with Crippen molar-refractivity contribution in [2.45, 2.75) is 75.9 Å². The minimum Gasteiger partial charge on any atom is -0.504 e. The fourth-order valence-electron chi connectivity index (χ4n) is 6.45. The monoisotopic (exact) mass is 565 g/mol. The van der Waals surface area contributed by atoms with E-state index >= 15 is 0 Å². The number of rotatable bonds is 8. The lowest BCUT2D eigenvalue weighted by Gasteiger charge is -2.56. The van der Waals surface area contributed by atoms with E-state index in [0.717, 1.165) is 5.56 Å². The van der Waals surface area contributed by atoms with Gasteiger partial charge in [-0.25, -0.2) is 9.59 Å². The molecule has 41 heavy (non-hydrogen) atoms. The smallest absolute Gasteiger partial charge is 0.357 e. The lowest BCUT2D eigenvalue weighted by Crippen LogP contribution is -2.69. The van der Waals surface area contributed by atoms with Crippen LogP contribution >= 0.6 is 0 Å². The quantitative estimate of drug-likeness (QED) is 0.364. The molecule has 3 aliphatic rings. The van der Waals surface area contributed by atoms with Crippen molar-refractivity contribution in [3.8, 4) is 11.5 Å². The number of hydrogen-bond acceptors (Lipinski definition) is 10. The van der Waals surface area contributed by atoms with E-state index in [1.165, 1.54) is 13.8 Å². The van der Waals surface area contributed by atoms with Crippen molar-refractivity contribution >= 4 is 17.9 Å². The molecule has 218 valence electrons. The summed E-state index contributed by atoms with van der Waals surface area (Å²) in [4.78, 5) is 39.8. The zero-order chi connectivity index (χ0) is 29.7. The van der Waals surface area contributed by atoms with Crippen LogP contribution in [0.5, 0.6) is 11.5 Å². The molecule has 2 N–H and O–H groups in total. The first-order valence-corrected chi connectivity index (χ1v) is 13.7. The van der Waals surface area contributed by atoms with Crippen LogP contribution in [0.3, 0.4) is 0 Å². The van der Waals surface area contributed by atoms with Gasteiger partial charge in [0.2, 0.25) is 6.10 Å². The highest BCUT2D eigenvalue weighted by Crippen LogP contribution is 2.62. The van der Waals surface area contributed by atoms with Gasteiger partial charge < -0.3 is 34.1 Å². The van der Waals surface area contributed by atoms with Crippen LogP contribution in [0, 0.1) is 0 Å². The maximum Gasteiger partial charge on any atom is 0.357 e. The topological polar surface area (TPSA) is 132 Å². The molecule has 1 heterocycles. The SMILES string of the molecule is CCN(C)[C@@H]1Cc2ccc(O)c3c2[C@@]2(C)[C@@H](O3)C(OC(=O)[C@@H](OC(=O)[C@H](C)OC(C)=O)c3ccccc3)=CC[C@@]12O. The first kappa shape index (κ1) is 28.6. The van der Waals surface area contributed by atoms with E-state index in [0.29, 0.717) is 24.1 Å². The molecule has 0 spiro atoms. The van der Waals surface area contributed by atoms with Crippen LogP contribution in [-0.2, 0) is 40.4 Å². The largest absolute Gasteiger partial charge is 0.504 e. The van der Waals surface area contributed by atoms with E-state index in [-0.39, 0.29) is 29.7 Å². The van der Waals surface area contributed by atoms with E-state index in [4.69, 9.17) is 18.9 Å². The number of phenolic OH excluding ortho intramolecular Hbond substituents is 1. The Morgan fingerprint density at radius 1 is 1.12 bits per heavy atom. The van der Waals surface area contributed by atoms with E-state index in [1.807, 2.05) is 27.0 Å². The number of carbonyl (C=O) groups excluding carboxylic acids is 3. The molecule has 2 aliphatic carbocycles. The van der Waals surface area contributed by atoms with Gasteiger partial charge in [-0.2, -0.15) is 0 Å². The highest BCUT2D eigenvalue weighted by Gasteiger charge is 2.68. The van der Waals surface area contributed by atoms with Gasteiger partial charge in [0.05, 0.1) is 11.0 Å². The van der Waals surface area contributed by atoms with Gasteiger partial charge in [-0.15, -0.1) is 0 Å². The van der Waals surface area contributed by atoms with E-state index in [2.05, 4.69) is 4.90 Å². The third-order valence-electron chi connectivity index (χ3n) is 8.71. The summed E-state index contributed by atoms with van der Waals surface area (Å²) in [6.45, 7) is 7.11. The Morgan fingerprint density at radius 3 is 2.49 bits per heavy atom. The van der Waals surface area contributed by atoms with Crippen LogP contribution in [0.2, 0.25) is 0 Å². The number of aliphatic hydroxyl groups is 1. The number of likely N-dealkylation sites (N-methyl/N-ethyl adjacent to an activating group) is 1. The van der Waals surface area contributed by atoms with E-state index in [1.54, 1.807) is 42.5 Å². The number of ether oxygens (including phenoxy) is 4. The lowest BCUT2D eigenvalue weighted by atomic mass is 9.54. The summed E-state index contributed by atoms with van der Waals surface area (Å²) in [6, 6.07) is 11.5. The van der Waals surface area contributed by atoms with Crippen molar-refractivity contribution in [2.75, 3.05) is 13.6 Å². The normalized spacial score (nSPS) is 27.1. The fourth-order valence-corrected chi connectivity index (χ4v) is 6.45. The van der Waals surface area contributed by atoms with Crippen molar-refractivity contribution in [1.29, 1.82) is 0 Å². The van der Waals surface area contributed by atoms with Crippen molar-refractivity contribution in [1.82, 2.24) is 4.90 Å². The Labute approximate surface area is 238 Å². The van der Waals surface area contributed by atoms with Gasteiger partial charge in [-0.3, -0.25) is 4.79 Å². The van der Waals surface area contributed by atoms with Crippen LogP contribution in [0.15, 0.2) is 54.3 Å². The molecule has 0 amide bonds. The van der Waals surface area contributed by atoms with Gasteiger partial charge in [0, 0.05) is 30.5 Å². The lowest BCUT2D eigenvalue weighted by molar-refractivity contribution is -0.178. The molecule has 0 saturated heterocycles. The van der Waals surface area contributed by atoms with Gasteiger partial charge >= 0.3 is 17.9 Å². The highest BCUT2D eigenvalue weighted by atomic mass is 16.6. The second-order valence-electron chi connectivity index (χ2n) is 11.1. The van der Waals surface area contributed by atoms with Crippen LogP contribution in [0.25, 0.3) is 0 Å². The molecule has 5 rings (SSSR count). The first-order chi connectivity index (χ1) is 19.4. The van der Waals surface area contributed by atoms with Gasteiger partial charge in [0.15, 0.2) is 23.7 Å². The third-order valence-corrected chi connectivity index (χ3v) is 8.71. The predicted octanol–water partition coefficient (Wildman–Crippen LogP) is 3.09. The van der Waals surface area contributed by atoms with Gasteiger partial charge in [0.1, 0.15) is 5.76 Å². The molecule has 2 aromatic rings. The Hall–Kier alpha value is -3.89. The summed E-state index contributed by atoms with van der Waals surface area (Å²) in [5.41, 5.74) is -0.349. The average Bonchev–Trinajstić information content (AvgIpc) is 3.28. The Bertz CT molecular complexity index is 1410. The zero-order valence-corrected chi connectivity index (χ0v) is 23.7. The summed E-state index contributed by atoms with van der Waals surface area (Å²) >= 11 is 0. The van der Waals surface area contributed by atoms with Gasteiger partial charge in [-0.05, 0) is 51.6 Å². The molecule has 2 aromatic carbocycles. The minimum absolute atomic E-state index is 0.0646. The Balaban J connectivity index is 1.50. The summed E-state index contributed by atoms with van der Waals surface area (Å²) in [5, 5.41) is 23.1. The third kappa shape index (κ3) is 4.55.